The molecule has 0 unspecified atom stereocenters. The Bertz CT molecular complexity index is 1330. The quantitative estimate of drug-likeness (QED) is 0.135. The first-order valence-electron chi connectivity index (χ1n) is 16.1. The van der Waals surface area contributed by atoms with Crippen molar-refractivity contribution in [1.82, 2.24) is 4.98 Å². The first-order chi connectivity index (χ1) is 19.7. The van der Waals surface area contributed by atoms with Crippen LogP contribution in [-0.4, -0.2) is 15.9 Å². The van der Waals surface area contributed by atoms with Crippen LogP contribution in [0.5, 0.6) is 0 Å². The van der Waals surface area contributed by atoms with E-state index in [-0.39, 0.29) is 43.5 Å². The number of fused-ring (bicyclic) bond motifs is 4. The van der Waals surface area contributed by atoms with Gasteiger partial charge in [-0.3, -0.25) is 9.78 Å². The van der Waals surface area contributed by atoms with Gasteiger partial charge in [0.15, 0.2) is 5.78 Å². The van der Waals surface area contributed by atoms with Crippen molar-refractivity contribution >= 4 is 16.7 Å². The number of ketones is 1. The van der Waals surface area contributed by atoms with E-state index in [1.165, 1.54) is 61.1 Å². The SMILES string of the molecule is CCC(CC)C(=O)/C=C(\O)C(CC)CC.Cc1[c-]c(-c2cc(C34CCC(CC3)CC4)c3ccccc3n2)cc(C)c1.[Ir]. The Morgan fingerprint density at radius 2 is 1.55 bits per heavy atom. The van der Waals surface area contributed by atoms with Gasteiger partial charge in [-0.2, -0.15) is 0 Å². The molecule has 3 fully saturated rings. The monoisotopic (exact) mass is 745 g/mol. The van der Waals surface area contributed by atoms with Gasteiger partial charge in [0, 0.05) is 43.4 Å². The fourth-order valence-corrected chi connectivity index (χ4v) is 7.22. The number of carbonyl (C=O) groups excluding carboxylic acids is 1. The molecule has 1 heterocycles. The topological polar surface area (TPSA) is 50.2 Å². The minimum atomic E-state index is 0. The van der Waals surface area contributed by atoms with Crippen LogP contribution in [0, 0.1) is 37.7 Å². The third-order valence-corrected chi connectivity index (χ3v) is 9.89. The number of carbonyl (C=O) groups is 1. The van der Waals surface area contributed by atoms with Gasteiger partial charge in [-0.05, 0) is 92.9 Å². The second kappa shape index (κ2) is 15.4. The van der Waals surface area contributed by atoms with Gasteiger partial charge in [-0.1, -0.05) is 65.8 Å². The van der Waals surface area contributed by atoms with E-state index in [0.717, 1.165) is 48.4 Å². The van der Waals surface area contributed by atoms with Gasteiger partial charge in [0.1, 0.15) is 0 Å². The molecule has 42 heavy (non-hydrogen) atoms. The van der Waals surface area contributed by atoms with E-state index < -0.39 is 0 Å². The number of rotatable bonds is 9. The largest absolute Gasteiger partial charge is 0.512 e. The first kappa shape index (κ1) is 34.2. The van der Waals surface area contributed by atoms with E-state index in [1.807, 2.05) is 27.7 Å². The van der Waals surface area contributed by atoms with Crippen LogP contribution in [0.2, 0.25) is 0 Å². The Kier molecular flexibility index (Phi) is 12.6. The molecule has 2 bridgehead atoms. The average molecular weight is 745 g/mol. The van der Waals surface area contributed by atoms with Crippen molar-refractivity contribution in [2.45, 2.75) is 111 Å². The number of benzene rings is 2. The first-order valence-corrected chi connectivity index (χ1v) is 16.1. The molecule has 0 saturated heterocycles. The number of hydrogen-bond donors (Lipinski definition) is 1. The Hall–Kier alpha value is -2.29. The van der Waals surface area contributed by atoms with E-state index in [1.54, 1.807) is 5.56 Å². The predicted molar refractivity (Wildman–Crippen MR) is 172 cm³/mol. The van der Waals surface area contributed by atoms with E-state index in [2.05, 4.69) is 62.4 Å². The zero-order valence-corrected chi connectivity index (χ0v) is 29.0. The number of hydrogen-bond acceptors (Lipinski definition) is 3. The summed E-state index contributed by atoms with van der Waals surface area (Å²) in [7, 11) is 0. The van der Waals surface area contributed by atoms with Gasteiger partial charge in [-0.25, -0.2) is 0 Å². The van der Waals surface area contributed by atoms with Crippen LogP contribution in [-0.2, 0) is 30.3 Å². The van der Waals surface area contributed by atoms with Gasteiger partial charge in [-0.15, -0.1) is 34.9 Å². The standard InChI is InChI=1S/C25H26N.C13H24O2.Ir/c1-17-13-18(2)15-20(14-17)24-16-22(21-5-3-4-6-23(21)26-24)25-10-7-19(8-11-25)9-12-25;1-5-10(6-2)12(14)9-13(15)11(7-3)8-4;/h3-6,13-14,16,19H,7-12H2,1-2H3;9-11,14H,5-8H2,1-4H3;/q-1;;/b;12-9-;. The van der Waals surface area contributed by atoms with E-state index in [4.69, 9.17) is 4.98 Å². The summed E-state index contributed by atoms with van der Waals surface area (Å²) < 4.78 is 0. The fourth-order valence-electron chi connectivity index (χ4n) is 7.22. The summed E-state index contributed by atoms with van der Waals surface area (Å²) in [4.78, 5) is 16.7. The molecule has 0 atom stereocenters. The molecular formula is C38H50IrNO2-. The summed E-state index contributed by atoms with van der Waals surface area (Å²) in [6.07, 6.45) is 13.2. The van der Waals surface area contributed by atoms with Crippen LogP contribution in [0.15, 0.2) is 54.3 Å². The molecule has 3 nitrogen and oxygen atoms in total. The number of aliphatic hydroxyl groups is 1. The second-order valence-electron chi connectivity index (χ2n) is 12.6. The molecule has 3 aliphatic carbocycles. The van der Waals surface area contributed by atoms with Crippen molar-refractivity contribution in [2.24, 2.45) is 17.8 Å². The minimum Gasteiger partial charge on any atom is -0.512 e. The molecule has 0 amide bonds. The van der Waals surface area contributed by atoms with Crippen LogP contribution >= 0.6 is 0 Å². The minimum absolute atomic E-state index is 0. The summed E-state index contributed by atoms with van der Waals surface area (Å²) in [5.74, 6) is 1.53. The summed E-state index contributed by atoms with van der Waals surface area (Å²) in [6.45, 7) is 12.4. The summed E-state index contributed by atoms with van der Waals surface area (Å²) in [5.41, 5.74) is 7.74. The maximum absolute atomic E-state index is 11.7. The maximum atomic E-state index is 11.7. The fraction of sp³-hybridized carbons (Fsp3) is 0.526. The molecule has 1 aromatic heterocycles. The van der Waals surface area contributed by atoms with Gasteiger partial charge in [0.2, 0.25) is 0 Å². The van der Waals surface area contributed by atoms with Crippen LogP contribution in [0.1, 0.15) is 109 Å². The van der Waals surface area contributed by atoms with Crippen molar-refractivity contribution in [3.8, 4) is 11.3 Å². The number of aliphatic hydroxyl groups excluding tert-OH is 1. The molecule has 4 heteroatoms. The molecule has 1 radical (unpaired) electrons. The molecule has 3 aromatic rings. The van der Waals surface area contributed by atoms with Gasteiger partial charge in [0.25, 0.3) is 0 Å². The van der Waals surface area contributed by atoms with Crippen molar-refractivity contribution in [3.63, 3.8) is 0 Å². The molecule has 3 saturated carbocycles. The van der Waals surface area contributed by atoms with Crippen LogP contribution in [0.4, 0.5) is 0 Å². The summed E-state index contributed by atoms with van der Waals surface area (Å²) in [6, 6.07) is 19.1. The van der Waals surface area contributed by atoms with E-state index >= 15 is 0 Å². The molecule has 2 aromatic carbocycles. The Morgan fingerprint density at radius 3 is 2.12 bits per heavy atom. The normalized spacial score (nSPS) is 19.9. The van der Waals surface area contributed by atoms with Gasteiger partial charge in [0.05, 0.1) is 11.3 Å². The number of pyridine rings is 1. The molecule has 3 aliphatic rings. The number of allylic oxidation sites excluding steroid dienone is 2. The average Bonchev–Trinajstić information content (AvgIpc) is 2.98. The zero-order valence-electron chi connectivity index (χ0n) is 26.6. The third kappa shape index (κ3) is 7.80. The number of para-hydroxylation sites is 1. The van der Waals surface area contributed by atoms with Crippen LogP contribution in [0.25, 0.3) is 22.2 Å². The number of aryl methyl sites for hydroxylation is 2. The van der Waals surface area contributed by atoms with E-state index in [9.17, 15) is 9.90 Å². The van der Waals surface area contributed by atoms with Crippen molar-refractivity contribution < 1.29 is 30.0 Å². The van der Waals surface area contributed by atoms with Crippen molar-refractivity contribution in [2.75, 3.05) is 0 Å². The predicted octanol–water partition coefficient (Wildman–Crippen LogP) is 10.4. The Labute approximate surface area is 268 Å². The van der Waals surface area contributed by atoms with Crippen molar-refractivity contribution in [3.05, 3.63) is 77.1 Å². The van der Waals surface area contributed by atoms with Gasteiger partial charge < -0.3 is 5.11 Å². The van der Waals surface area contributed by atoms with Crippen LogP contribution < -0.4 is 0 Å². The van der Waals surface area contributed by atoms with Crippen molar-refractivity contribution in [1.29, 1.82) is 0 Å². The zero-order chi connectivity index (χ0) is 29.6. The summed E-state index contributed by atoms with van der Waals surface area (Å²) in [5, 5.41) is 11.1. The third-order valence-electron chi connectivity index (χ3n) is 9.89. The number of aromatic nitrogens is 1. The number of nitrogens with zero attached hydrogens (tertiary/aromatic N) is 1. The smallest absolute Gasteiger partial charge is 0.162 e. The second-order valence-corrected chi connectivity index (χ2v) is 12.6. The Balaban J connectivity index is 0.000000263. The molecule has 6 rings (SSSR count). The van der Waals surface area contributed by atoms with Gasteiger partial charge >= 0.3 is 0 Å². The molecule has 0 aliphatic heterocycles. The molecule has 229 valence electrons. The van der Waals surface area contributed by atoms with Crippen LogP contribution in [0.3, 0.4) is 0 Å². The molecule has 0 spiro atoms. The maximum Gasteiger partial charge on any atom is 0.162 e. The molecule has 1 N–H and O–H groups in total. The van der Waals surface area contributed by atoms with E-state index in [0.29, 0.717) is 5.41 Å². The molecular weight excluding hydrogens is 695 g/mol. The summed E-state index contributed by atoms with van der Waals surface area (Å²) >= 11 is 0. The Morgan fingerprint density at radius 1 is 0.952 bits per heavy atom.